The quantitative estimate of drug-likeness (QED) is 0.784. The van der Waals surface area contributed by atoms with E-state index >= 15 is 0 Å². The Morgan fingerprint density at radius 2 is 2.00 bits per heavy atom. The Morgan fingerprint density at radius 3 is 2.36 bits per heavy atom. The molecule has 74 valence electrons. The predicted octanol–water partition coefficient (Wildman–Crippen LogP) is 2.38. The lowest BCUT2D eigenvalue weighted by atomic mass is 9.97. The van der Waals surface area contributed by atoms with Gasteiger partial charge in [0.25, 0.3) is 0 Å². The lowest BCUT2D eigenvalue weighted by Gasteiger charge is -2.08. The molecule has 1 saturated carbocycles. The van der Waals surface area contributed by atoms with Gasteiger partial charge in [-0.15, -0.1) is 0 Å². The van der Waals surface area contributed by atoms with Crippen molar-refractivity contribution < 1.29 is 14.3 Å². The minimum atomic E-state index is -0.950. The minimum absolute atomic E-state index is 0.244. The first-order valence-corrected chi connectivity index (χ1v) is 4.52. The van der Waals surface area contributed by atoms with E-state index < -0.39 is 12.1 Å². The SMILES string of the molecule is CC1(c2ccc(C(=O)O)cc2)CC1F. The molecule has 1 aliphatic rings. The van der Waals surface area contributed by atoms with Gasteiger partial charge in [0.05, 0.1) is 5.56 Å². The lowest BCUT2D eigenvalue weighted by molar-refractivity contribution is 0.0697. The van der Waals surface area contributed by atoms with Crippen LogP contribution in [0.5, 0.6) is 0 Å². The van der Waals surface area contributed by atoms with Gasteiger partial charge in [-0.2, -0.15) is 0 Å². The van der Waals surface area contributed by atoms with Crippen LogP contribution in [0.2, 0.25) is 0 Å². The zero-order chi connectivity index (χ0) is 10.3. The van der Waals surface area contributed by atoms with Crippen LogP contribution in [0, 0.1) is 0 Å². The van der Waals surface area contributed by atoms with Crippen molar-refractivity contribution in [2.24, 2.45) is 0 Å². The summed E-state index contributed by atoms with van der Waals surface area (Å²) in [6, 6.07) is 6.44. The van der Waals surface area contributed by atoms with Gasteiger partial charge in [-0.25, -0.2) is 9.18 Å². The second-order valence-electron chi connectivity index (χ2n) is 3.97. The Hall–Kier alpha value is -1.38. The van der Waals surface area contributed by atoms with E-state index in [0.29, 0.717) is 6.42 Å². The fourth-order valence-electron chi connectivity index (χ4n) is 1.61. The second-order valence-corrected chi connectivity index (χ2v) is 3.97. The first kappa shape index (κ1) is 9.19. The standard InChI is InChI=1S/C11H11FO2/c1-11(6-9(11)12)8-4-2-7(3-5-8)10(13)14/h2-5,9H,6H2,1H3,(H,13,14). The van der Waals surface area contributed by atoms with Crippen LogP contribution in [0.4, 0.5) is 4.39 Å². The monoisotopic (exact) mass is 194 g/mol. The van der Waals surface area contributed by atoms with Crippen molar-refractivity contribution in [2.75, 3.05) is 0 Å². The number of rotatable bonds is 2. The van der Waals surface area contributed by atoms with Crippen molar-refractivity contribution in [1.29, 1.82) is 0 Å². The van der Waals surface area contributed by atoms with Gasteiger partial charge >= 0.3 is 5.97 Å². The number of alkyl halides is 1. The maximum absolute atomic E-state index is 13.0. The number of aromatic carboxylic acids is 1. The van der Waals surface area contributed by atoms with E-state index in [1.54, 1.807) is 12.1 Å². The van der Waals surface area contributed by atoms with Crippen LogP contribution >= 0.6 is 0 Å². The molecule has 2 unspecified atom stereocenters. The molecule has 2 atom stereocenters. The summed E-state index contributed by atoms with van der Waals surface area (Å²) in [4.78, 5) is 10.6. The van der Waals surface area contributed by atoms with Gasteiger partial charge in [-0.3, -0.25) is 0 Å². The van der Waals surface area contributed by atoms with Crippen LogP contribution in [0.25, 0.3) is 0 Å². The maximum Gasteiger partial charge on any atom is 0.335 e. The number of hydrogen-bond acceptors (Lipinski definition) is 1. The van der Waals surface area contributed by atoms with Crippen molar-refractivity contribution in [2.45, 2.75) is 24.9 Å². The molecule has 0 spiro atoms. The number of carbonyl (C=O) groups is 1. The highest BCUT2D eigenvalue weighted by Gasteiger charge is 2.52. The first-order chi connectivity index (χ1) is 6.54. The van der Waals surface area contributed by atoms with E-state index in [1.165, 1.54) is 12.1 Å². The van der Waals surface area contributed by atoms with Gasteiger partial charge in [0.15, 0.2) is 0 Å². The molecule has 0 aliphatic heterocycles. The molecule has 0 aromatic heterocycles. The highest BCUT2D eigenvalue weighted by molar-refractivity contribution is 5.87. The maximum atomic E-state index is 13.0. The third-order valence-corrected chi connectivity index (χ3v) is 2.93. The molecular formula is C11H11FO2. The fourth-order valence-corrected chi connectivity index (χ4v) is 1.61. The minimum Gasteiger partial charge on any atom is -0.478 e. The third kappa shape index (κ3) is 1.29. The number of carboxylic acids is 1. The van der Waals surface area contributed by atoms with Crippen LogP contribution in [0.3, 0.4) is 0 Å². The molecule has 1 aromatic carbocycles. The molecule has 2 rings (SSSR count). The topological polar surface area (TPSA) is 37.3 Å². The Bertz CT molecular complexity index is 371. The van der Waals surface area contributed by atoms with Gasteiger partial charge in [-0.05, 0) is 24.1 Å². The molecule has 0 radical (unpaired) electrons. The highest BCUT2D eigenvalue weighted by atomic mass is 19.1. The predicted molar refractivity (Wildman–Crippen MR) is 50.3 cm³/mol. The molecular weight excluding hydrogens is 183 g/mol. The summed E-state index contributed by atoms with van der Waals surface area (Å²) in [5, 5.41) is 8.67. The number of halogens is 1. The lowest BCUT2D eigenvalue weighted by Crippen LogP contribution is -2.05. The normalized spacial score (nSPS) is 30.0. The van der Waals surface area contributed by atoms with Crippen molar-refractivity contribution in [3.05, 3.63) is 35.4 Å². The molecule has 1 N–H and O–H groups in total. The molecule has 0 heterocycles. The van der Waals surface area contributed by atoms with E-state index in [9.17, 15) is 9.18 Å². The van der Waals surface area contributed by atoms with Crippen molar-refractivity contribution >= 4 is 5.97 Å². The van der Waals surface area contributed by atoms with Crippen molar-refractivity contribution in [1.82, 2.24) is 0 Å². The Balaban J connectivity index is 2.27. The van der Waals surface area contributed by atoms with Gasteiger partial charge < -0.3 is 5.11 Å². The number of hydrogen-bond donors (Lipinski definition) is 1. The molecule has 0 bridgehead atoms. The number of carboxylic acid groups (broad SMARTS) is 1. The van der Waals surface area contributed by atoms with Gasteiger partial charge in [-0.1, -0.05) is 19.1 Å². The molecule has 0 saturated heterocycles. The molecule has 1 aromatic rings. The van der Waals surface area contributed by atoms with Gasteiger partial charge in [0.2, 0.25) is 0 Å². The summed E-state index contributed by atoms with van der Waals surface area (Å²) in [5.41, 5.74) is 0.750. The summed E-state index contributed by atoms with van der Waals surface area (Å²) in [5.74, 6) is -0.950. The van der Waals surface area contributed by atoms with Gasteiger partial charge in [0.1, 0.15) is 6.17 Å². The smallest absolute Gasteiger partial charge is 0.335 e. The molecule has 1 fully saturated rings. The van der Waals surface area contributed by atoms with E-state index in [1.807, 2.05) is 6.92 Å². The Morgan fingerprint density at radius 1 is 1.50 bits per heavy atom. The molecule has 3 heteroatoms. The number of benzene rings is 1. The average Bonchev–Trinajstić information content (AvgIpc) is 2.76. The van der Waals surface area contributed by atoms with Crippen LogP contribution in [0.15, 0.2) is 24.3 Å². The zero-order valence-corrected chi connectivity index (χ0v) is 7.83. The van der Waals surface area contributed by atoms with Crippen LogP contribution in [0.1, 0.15) is 29.3 Å². The van der Waals surface area contributed by atoms with E-state index in [-0.39, 0.29) is 11.0 Å². The van der Waals surface area contributed by atoms with Gasteiger partial charge in [0, 0.05) is 5.41 Å². The van der Waals surface area contributed by atoms with E-state index in [4.69, 9.17) is 5.11 Å². The first-order valence-electron chi connectivity index (χ1n) is 4.52. The zero-order valence-electron chi connectivity index (χ0n) is 7.83. The molecule has 0 amide bonds. The third-order valence-electron chi connectivity index (χ3n) is 2.93. The van der Waals surface area contributed by atoms with E-state index in [0.717, 1.165) is 5.56 Å². The Kier molecular flexibility index (Phi) is 1.84. The van der Waals surface area contributed by atoms with Crippen molar-refractivity contribution in [3.8, 4) is 0 Å². The summed E-state index contributed by atoms with van der Waals surface area (Å²) >= 11 is 0. The molecule has 1 aliphatic carbocycles. The van der Waals surface area contributed by atoms with Crippen LogP contribution < -0.4 is 0 Å². The van der Waals surface area contributed by atoms with E-state index in [2.05, 4.69) is 0 Å². The average molecular weight is 194 g/mol. The van der Waals surface area contributed by atoms with Crippen LogP contribution in [-0.4, -0.2) is 17.2 Å². The second kappa shape index (κ2) is 2.80. The summed E-state index contributed by atoms with van der Waals surface area (Å²) < 4.78 is 13.0. The summed E-state index contributed by atoms with van der Waals surface area (Å²) in [6.07, 6.45) is -0.238. The largest absolute Gasteiger partial charge is 0.478 e. The Labute approximate surface area is 81.4 Å². The molecule has 14 heavy (non-hydrogen) atoms. The highest BCUT2D eigenvalue weighted by Crippen LogP contribution is 2.50. The van der Waals surface area contributed by atoms with Crippen LogP contribution in [-0.2, 0) is 5.41 Å². The van der Waals surface area contributed by atoms with Crippen molar-refractivity contribution in [3.63, 3.8) is 0 Å². The molecule has 2 nitrogen and oxygen atoms in total. The summed E-state index contributed by atoms with van der Waals surface area (Å²) in [7, 11) is 0. The summed E-state index contributed by atoms with van der Waals surface area (Å²) in [6.45, 7) is 1.85. The fraction of sp³-hybridized carbons (Fsp3) is 0.364.